The monoisotopic (exact) mass is 544 g/mol. The van der Waals surface area contributed by atoms with Gasteiger partial charge < -0.3 is 9.64 Å². The Balaban J connectivity index is 1.37. The van der Waals surface area contributed by atoms with Crippen LogP contribution in [0, 0.1) is 12.8 Å². The first kappa shape index (κ1) is 25.3. The quantitative estimate of drug-likeness (QED) is 0.366. The molecular formula is C27H29ClN2O4S2. The van der Waals surface area contributed by atoms with E-state index in [0.29, 0.717) is 29.8 Å². The number of carbonyl (C=O) groups excluding carboxylic acids is 1. The van der Waals surface area contributed by atoms with Gasteiger partial charge in [0.05, 0.1) is 17.5 Å². The Kier molecular flexibility index (Phi) is 7.40. The molecule has 9 heteroatoms. The highest BCUT2D eigenvalue weighted by molar-refractivity contribution is 7.89. The van der Waals surface area contributed by atoms with E-state index in [0.717, 1.165) is 30.4 Å². The molecule has 1 atom stereocenters. The predicted molar refractivity (Wildman–Crippen MR) is 142 cm³/mol. The van der Waals surface area contributed by atoms with Crippen LogP contribution < -0.4 is 4.74 Å². The lowest BCUT2D eigenvalue weighted by molar-refractivity contribution is -0.135. The van der Waals surface area contributed by atoms with Crippen LogP contribution in [0.3, 0.4) is 0 Å². The van der Waals surface area contributed by atoms with Crippen molar-refractivity contribution in [3.63, 3.8) is 0 Å². The van der Waals surface area contributed by atoms with Crippen molar-refractivity contribution in [1.29, 1.82) is 0 Å². The van der Waals surface area contributed by atoms with Gasteiger partial charge in [-0.2, -0.15) is 4.31 Å². The van der Waals surface area contributed by atoms with Crippen LogP contribution in [-0.2, 0) is 21.2 Å². The molecule has 0 spiro atoms. The van der Waals surface area contributed by atoms with Crippen LogP contribution in [0.25, 0.3) is 0 Å². The number of nitrogens with zero attached hydrogens (tertiary/aromatic N) is 2. The Hall–Kier alpha value is -2.39. The van der Waals surface area contributed by atoms with Crippen molar-refractivity contribution in [2.45, 2.75) is 37.1 Å². The van der Waals surface area contributed by atoms with Crippen LogP contribution in [0.2, 0.25) is 5.02 Å². The van der Waals surface area contributed by atoms with E-state index in [1.165, 1.54) is 9.18 Å². The molecule has 0 N–H and O–H groups in total. The third-order valence-corrected chi connectivity index (χ3v) is 9.84. The van der Waals surface area contributed by atoms with Gasteiger partial charge in [-0.25, -0.2) is 8.42 Å². The highest BCUT2D eigenvalue weighted by Gasteiger charge is 2.37. The fraction of sp³-hybridized carbons (Fsp3) is 0.370. The number of fused-ring (bicyclic) bond motifs is 1. The van der Waals surface area contributed by atoms with Crippen molar-refractivity contribution >= 4 is 38.9 Å². The molecule has 2 heterocycles. The molecule has 1 fully saturated rings. The number of hydrogen-bond acceptors (Lipinski definition) is 5. The fourth-order valence-electron chi connectivity index (χ4n) is 4.52. The van der Waals surface area contributed by atoms with Gasteiger partial charge in [0.2, 0.25) is 15.9 Å². The van der Waals surface area contributed by atoms with Crippen LogP contribution in [0.4, 0.5) is 0 Å². The Bertz CT molecular complexity index is 1320. The number of benzene rings is 2. The largest absolute Gasteiger partial charge is 0.491 e. The molecule has 1 saturated carbocycles. The summed E-state index contributed by atoms with van der Waals surface area (Å²) in [6, 6.07) is 15.7. The van der Waals surface area contributed by atoms with E-state index in [9.17, 15) is 13.2 Å². The van der Waals surface area contributed by atoms with E-state index < -0.39 is 10.0 Å². The Morgan fingerprint density at radius 1 is 1.11 bits per heavy atom. The molecule has 0 unspecified atom stereocenters. The minimum Gasteiger partial charge on any atom is -0.491 e. The van der Waals surface area contributed by atoms with E-state index in [1.807, 2.05) is 18.4 Å². The SMILES string of the molecule is Cc1ccc(S(=O)(=O)N(CC(=O)N2CCc3sccc3[C@@H]2COc2ccc(Cl)cc2)CC2CC2)cc1. The summed E-state index contributed by atoms with van der Waals surface area (Å²) < 4.78 is 34.5. The number of thiophene rings is 1. The number of ether oxygens (including phenoxy) is 1. The minimum atomic E-state index is -3.79. The maximum absolute atomic E-state index is 13.7. The molecule has 6 nitrogen and oxygen atoms in total. The molecule has 0 saturated heterocycles. The van der Waals surface area contributed by atoms with Gasteiger partial charge in [-0.1, -0.05) is 29.3 Å². The van der Waals surface area contributed by atoms with Crippen LogP contribution >= 0.6 is 22.9 Å². The summed E-state index contributed by atoms with van der Waals surface area (Å²) in [7, 11) is -3.79. The summed E-state index contributed by atoms with van der Waals surface area (Å²) in [5.41, 5.74) is 2.06. The first-order chi connectivity index (χ1) is 17.3. The molecule has 1 aliphatic carbocycles. The highest BCUT2D eigenvalue weighted by Crippen LogP contribution is 2.35. The lowest BCUT2D eigenvalue weighted by Gasteiger charge is -2.37. The van der Waals surface area contributed by atoms with Crippen molar-refractivity contribution in [3.05, 3.63) is 81.0 Å². The maximum Gasteiger partial charge on any atom is 0.243 e. The summed E-state index contributed by atoms with van der Waals surface area (Å²) in [5, 5.41) is 2.66. The number of carbonyl (C=O) groups is 1. The number of halogens is 1. The molecule has 2 aliphatic rings. The van der Waals surface area contributed by atoms with Gasteiger partial charge in [0.25, 0.3) is 0 Å². The second kappa shape index (κ2) is 10.5. The average Bonchev–Trinajstić information content (AvgIpc) is 3.55. The zero-order valence-corrected chi connectivity index (χ0v) is 22.5. The molecule has 190 valence electrons. The summed E-state index contributed by atoms with van der Waals surface area (Å²) >= 11 is 7.68. The molecule has 1 amide bonds. The molecule has 0 bridgehead atoms. The van der Waals surface area contributed by atoms with Crippen molar-refractivity contribution in [2.75, 3.05) is 26.2 Å². The number of hydrogen-bond donors (Lipinski definition) is 0. The summed E-state index contributed by atoms with van der Waals surface area (Å²) in [6.45, 7) is 2.92. The van der Waals surface area contributed by atoms with Gasteiger partial charge >= 0.3 is 0 Å². The van der Waals surface area contributed by atoms with E-state index in [-0.39, 0.29) is 30.0 Å². The van der Waals surface area contributed by atoms with Gasteiger partial charge in [0.1, 0.15) is 12.4 Å². The first-order valence-electron chi connectivity index (χ1n) is 12.1. The van der Waals surface area contributed by atoms with Crippen LogP contribution in [0.5, 0.6) is 5.75 Å². The molecule has 2 aromatic carbocycles. The smallest absolute Gasteiger partial charge is 0.243 e. The Labute approximate surface area is 221 Å². The van der Waals surface area contributed by atoms with Gasteiger partial charge in [-0.3, -0.25) is 4.79 Å². The van der Waals surface area contributed by atoms with Crippen LogP contribution in [0.1, 0.15) is 34.9 Å². The molecule has 0 radical (unpaired) electrons. The van der Waals surface area contributed by atoms with E-state index in [2.05, 4.69) is 0 Å². The standard InChI is InChI=1S/C27H29ClN2O4S2/c1-19-2-10-23(11-3-19)36(32,33)29(16-20-4-5-20)17-27(31)30-14-12-26-24(13-15-35-26)25(30)18-34-22-8-6-21(28)7-9-22/h2-3,6-11,13,15,20,25H,4-5,12,14,16-18H2,1H3/t25-/m0/s1. The summed E-state index contributed by atoms with van der Waals surface area (Å²) in [6.07, 6.45) is 2.74. The second-order valence-corrected chi connectivity index (χ2v) is 12.8. The van der Waals surface area contributed by atoms with Crippen LogP contribution in [0.15, 0.2) is 64.9 Å². The normalized spacial score (nSPS) is 17.8. The van der Waals surface area contributed by atoms with Crippen molar-refractivity contribution in [2.24, 2.45) is 5.92 Å². The summed E-state index contributed by atoms with van der Waals surface area (Å²) in [4.78, 5) is 16.9. The van der Waals surface area contributed by atoms with Crippen molar-refractivity contribution in [3.8, 4) is 5.75 Å². The molecule has 1 aromatic heterocycles. The molecular weight excluding hydrogens is 516 g/mol. The van der Waals surface area contributed by atoms with Gasteiger partial charge in [-0.05, 0) is 85.5 Å². The van der Waals surface area contributed by atoms with Crippen LogP contribution in [-0.4, -0.2) is 49.8 Å². The highest BCUT2D eigenvalue weighted by atomic mass is 35.5. The Morgan fingerprint density at radius 3 is 2.53 bits per heavy atom. The topological polar surface area (TPSA) is 66.9 Å². The van der Waals surface area contributed by atoms with E-state index in [4.69, 9.17) is 16.3 Å². The van der Waals surface area contributed by atoms with Crippen molar-refractivity contribution < 1.29 is 17.9 Å². The first-order valence-corrected chi connectivity index (χ1v) is 14.8. The third-order valence-electron chi connectivity index (χ3n) is 6.77. The predicted octanol–water partition coefficient (Wildman–Crippen LogP) is 5.32. The lowest BCUT2D eigenvalue weighted by Crippen LogP contribution is -2.48. The fourth-order valence-corrected chi connectivity index (χ4v) is 7.04. The average molecular weight is 545 g/mol. The number of amides is 1. The van der Waals surface area contributed by atoms with Crippen molar-refractivity contribution in [1.82, 2.24) is 9.21 Å². The molecule has 36 heavy (non-hydrogen) atoms. The maximum atomic E-state index is 13.7. The van der Waals surface area contributed by atoms with E-state index >= 15 is 0 Å². The zero-order valence-electron chi connectivity index (χ0n) is 20.1. The second-order valence-electron chi connectivity index (χ2n) is 9.47. The number of aryl methyl sites for hydroxylation is 1. The minimum absolute atomic E-state index is 0.177. The number of rotatable bonds is 9. The molecule has 3 aromatic rings. The Morgan fingerprint density at radius 2 is 1.83 bits per heavy atom. The lowest BCUT2D eigenvalue weighted by atomic mass is 10.0. The third kappa shape index (κ3) is 5.62. The molecule has 5 rings (SSSR count). The summed E-state index contributed by atoms with van der Waals surface area (Å²) in [5.74, 6) is 0.784. The number of sulfonamides is 1. The zero-order chi connectivity index (χ0) is 25.3. The van der Waals surface area contributed by atoms with Gasteiger partial charge in [-0.15, -0.1) is 11.3 Å². The molecule has 1 aliphatic heterocycles. The van der Waals surface area contributed by atoms with Gasteiger partial charge in [0, 0.05) is 23.0 Å². The van der Waals surface area contributed by atoms with E-state index in [1.54, 1.807) is 64.8 Å². The van der Waals surface area contributed by atoms with Gasteiger partial charge in [0.15, 0.2) is 0 Å².